The van der Waals surface area contributed by atoms with Gasteiger partial charge in [-0.25, -0.2) is 5.10 Å². The number of methoxy groups -OCH3 is 1. The summed E-state index contributed by atoms with van der Waals surface area (Å²) in [5.74, 6) is 0.0319. The molecule has 1 aliphatic heterocycles. The van der Waals surface area contributed by atoms with Crippen molar-refractivity contribution in [1.82, 2.24) is 15.1 Å². The first-order chi connectivity index (χ1) is 7.69. The van der Waals surface area contributed by atoms with E-state index in [4.69, 9.17) is 0 Å². The third kappa shape index (κ3) is 2.48. The van der Waals surface area contributed by atoms with E-state index in [-0.39, 0.29) is 16.8 Å². The highest BCUT2D eigenvalue weighted by atomic mass is 32.1. The average molecular weight is 243 g/mol. The molecule has 0 aliphatic carbocycles. The molecule has 1 atom stereocenters. The Kier molecular flexibility index (Phi) is 3.35. The van der Waals surface area contributed by atoms with Crippen LogP contribution in [0.15, 0.2) is 4.79 Å². The Morgan fingerprint density at radius 1 is 1.75 bits per heavy atom. The molecule has 7 heteroatoms. The van der Waals surface area contributed by atoms with Crippen LogP contribution in [0.5, 0.6) is 0 Å². The van der Waals surface area contributed by atoms with Crippen molar-refractivity contribution in [2.75, 3.05) is 26.7 Å². The first-order valence-corrected chi connectivity index (χ1v) is 5.85. The molecule has 1 saturated heterocycles. The molecule has 1 aliphatic rings. The zero-order chi connectivity index (χ0) is 11.5. The fourth-order valence-corrected chi connectivity index (χ4v) is 2.57. The van der Waals surface area contributed by atoms with Gasteiger partial charge in [-0.2, -0.15) is 5.10 Å². The predicted octanol–water partition coefficient (Wildman–Crippen LogP) is -0.206. The van der Waals surface area contributed by atoms with Gasteiger partial charge in [0.2, 0.25) is 0 Å². The van der Waals surface area contributed by atoms with E-state index in [1.807, 2.05) is 4.90 Å². The fourth-order valence-electron chi connectivity index (χ4n) is 1.84. The molecule has 2 heterocycles. The van der Waals surface area contributed by atoms with Crippen molar-refractivity contribution in [3.63, 3.8) is 0 Å². The zero-order valence-electron chi connectivity index (χ0n) is 8.93. The number of hydrogen-bond acceptors (Lipinski definition) is 6. The Balaban J connectivity index is 1.93. The van der Waals surface area contributed by atoms with Crippen LogP contribution in [0.25, 0.3) is 0 Å². The average Bonchev–Trinajstić information content (AvgIpc) is 2.87. The summed E-state index contributed by atoms with van der Waals surface area (Å²) < 4.78 is 4.61. The van der Waals surface area contributed by atoms with E-state index in [9.17, 15) is 9.59 Å². The van der Waals surface area contributed by atoms with Gasteiger partial charge in [0.25, 0.3) is 0 Å². The fraction of sp³-hybridized carbons (Fsp3) is 0.667. The Labute approximate surface area is 96.2 Å². The lowest BCUT2D eigenvalue weighted by Crippen LogP contribution is -2.28. The Morgan fingerprint density at radius 2 is 2.56 bits per heavy atom. The Bertz CT molecular complexity index is 428. The summed E-state index contributed by atoms with van der Waals surface area (Å²) in [6.07, 6.45) is 0.928. The largest absolute Gasteiger partial charge is 0.468 e. The summed E-state index contributed by atoms with van der Waals surface area (Å²) in [5, 5.41) is 7.22. The second-order valence-corrected chi connectivity index (χ2v) is 4.74. The number of likely N-dealkylation sites (tertiary alicyclic amines) is 1. The number of ether oxygens (including phenoxy) is 1. The standard InChI is InChI=1S/C9H13N3O3S/c1-15-7(13)5-12-3-2-6(4-12)8-10-11-9(14)16-8/h6H,2-5H2,1H3,(H,11,14)/t6-/m1/s1. The van der Waals surface area contributed by atoms with E-state index in [1.54, 1.807) is 0 Å². The smallest absolute Gasteiger partial charge is 0.322 e. The van der Waals surface area contributed by atoms with Crippen molar-refractivity contribution in [3.8, 4) is 0 Å². The molecule has 6 nitrogen and oxygen atoms in total. The second-order valence-electron chi connectivity index (χ2n) is 3.75. The molecule has 0 bridgehead atoms. The predicted molar refractivity (Wildman–Crippen MR) is 58.5 cm³/mol. The minimum Gasteiger partial charge on any atom is -0.468 e. The maximum atomic E-state index is 11.1. The quantitative estimate of drug-likeness (QED) is 0.744. The molecule has 1 aromatic heterocycles. The Morgan fingerprint density at radius 3 is 3.19 bits per heavy atom. The number of carbonyl (C=O) groups is 1. The third-order valence-corrected chi connectivity index (χ3v) is 3.57. The monoisotopic (exact) mass is 243 g/mol. The van der Waals surface area contributed by atoms with Crippen LogP contribution >= 0.6 is 11.3 Å². The van der Waals surface area contributed by atoms with E-state index in [0.717, 1.165) is 35.9 Å². The molecule has 0 unspecified atom stereocenters. The number of hydrogen-bond donors (Lipinski definition) is 1. The van der Waals surface area contributed by atoms with Crippen LogP contribution in [0.1, 0.15) is 17.3 Å². The number of nitrogens with one attached hydrogen (secondary N) is 1. The normalized spacial score (nSPS) is 21.2. The van der Waals surface area contributed by atoms with Gasteiger partial charge in [-0.1, -0.05) is 11.3 Å². The number of H-pyrrole nitrogens is 1. The lowest BCUT2D eigenvalue weighted by molar-refractivity contribution is -0.141. The van der Waals surface area contributed by atoms with E-state index in [2.05, 4.69) is 14.9 Å². The minimum absolute atomic E-state index is 0.124. The highest BCUT2D eigenvalue weighted by Gasteiger charge is 2.27. The van der Waals surface area contributed by atoms with Crippen molar-refractivity contribution in [2.45, 2.75) is 12.3 Å². The van der Waals surface area contributed by atoms with Crippen LogP contribution in [0.4, 0.5) is 0 Å². The first-order valence-electron chi connectivity index (χ1n) is 5.03. The van der Waals surface area contributed by atoms with Crippen LogP contribution in [-0.2, 0) is 9.53 Å². The van der Waals surface area contributed by atoms with Crippen LogP contribution in [-0.4, -0.2) is 47.8 Å². The molecule has 1 N–H and O–H groups in total. The molecule has 88 valence electrons. The molecule has 0 spiro atoms. The van der Waals surface area contributed by atoms with Crippen LogP contribution < -0.4 is 4.87 Å². The molecule has 1 aromatic rings. The van der Waals surface area contributed by atoms with Gasteiger partial charge in [0, 0.05) is 12.5 Å². The minimum atomic E-state index is -0.226. The summed E-state index contributed by atoms with van der Waals surface area (Å²) in [4.78, 5) is 23.9. The number of aromatic nitrogens is 2. The molecule has 0 aromatic carbocycles. The van der Waals surface area contributed by atoms with Crippen molar-refractivity contribution < 1.29 is 9.53 Å². The highest BCUT2D eigenvalue weighted by Crippen LogP contribution is 2.26. The lowest BCUT2D eigenvalue weighted by Gasteiger charge is -2.12. The van der Waals surface area contributed by atoms with Gasteiger partial charge in [-0.15, -0.1) is 0 Å². The van der Waals surface area contributed by atoms with E-state index >= 15 is 0 Å². The topological polar surface area (TPSA) is 75.3 Å². The number of aromatic amines is 1. The van der Waals surface area contributed by atoms with Crippen LogP contribution in [0.2, 0.25) is 0 Å². The lowest BCUT2D eigenvalue weighted by atomic mass is 10.1. The summed E-state index contributed by atoms with van der Waals surface area (Å²) in [5.41, 5.74) is 0. The summed E-state index contributed by atoms with van der Waals surface area (Å²) in [6.45, 7) is 1.91. The molecular weight excluding hydrogens is 230 g/mol. The molecular formula is C9H13N3O3S. The van der Waals surface area contributed by atoms with E-state index in [1.165, 1.54) is 7.11 Å². The van der Waals surface area contributed by atoms with Gasteiger partial charge in [0.05, 0.1) is 13.7 Å². The van der Waals surface area contributed by atoms with Crippen LogP contribution in [0, 0.1) is 0 Å². The maximum absolute atomic E-state index is 11.1. The van der Waals surface area contributed by atoms with E-state index < -0.39 is 0 Å². The molecule has 16 heavy (non-hydrogen) atoms. The number of carbonyl (C=O) groups excluding carboxylic acids is 1. The molecule has 0 radical (unpaired) electrons. The third-order valence-electron chi connectivity index (χ3n) is 2.66. The van der Waals surface area contributed by atoms with Gasteiger partial charge >= 0.3 is 10.8 Å². The van der Waals surface area contributed by atoms with Crippen molar-refractivity contribution in [1.29, 1.82) is 0 Å². The number of esters is 1. The SMILES string of the molecule is COC(=O)CN1CC[C@@H](c2n[nH]c(=O)s2)C1. The van der Waals surface area contributed by atoms with Gasteiger partial charge in [0.15, 0.2) is 0 Å². The van der Waals surface area contributed by atoms with Gasteiger partial charge in [-0.3, -0.25) is 14.5 Å². The van der Waals surface area contributed by atoms with Crippen molar-refractivity contribution in [2.24, 2.45) is 0 Å². The van der Waals surface area contributed by atoms with Crippen molar-refractivity contribution >= 4 is 17.3 Å². The van der Waals surface area contributed by atoms with Gasteiger partial charge in [-0.05, 0) is 13.0 Å². The second kappa shape index (κ2) is 4.75. The van der Waals surface area contributed by atoms with Gasteiger partial charge < -0.3 is 4.74 Å². The molecule has 1 fully saturated rings. The van der Waals surface area contributed by atoms with Gasteiger partial charge in [0.1, 0.15) is 5.01 Å². The maximum Gasteiger partial charge on any atom is 0.322 e. The van der Waals surface area contributed by atoms with E-state index in [0.29, 0.717) is 6.54 Å². The first kappa shape index (κ1) is 11.3. The molecule has 0 amide bonds. The molecule has 0 saturated carbocycles. The Hall–Kier alpha value is -1.21. The summed E-state index contributed by atoms with van der Waals surface area (Å²) in [7, 11) is 1.38. The summed E-state index contributed by atoms with van der Waals surface area (Å²) in [6, 6.07) is 0. The zero-order valence-corrected chi connectivity index (χ0v) is 9.75. The number of rotatable bonds is 3. The van der Waals surface area contributed by atoms with Crippen LogP contribution in [0.3, 0.4) is 0 Å². The molecule has 2 rings (SSSR count). The number of nitrogens with zero attached hydrogens (tertiary/aromatic N) is 2. The highest BCUT2D eigenvalue weighted by molar-refractivity contribution is 7.08. The summed E-state index contributed by atoms with van der Waals surface area (Å²) >= 11 is 1.15. The van der Waals surface area contributed by atoms with Crippen molar-refractivity contribution in [3.05, 3.63) is 14.7 Å².